The number of nitrogens with zero attached hydrogens (tertiary/aromatic N) is 1. The molecule has 254 valence electrons. The van der Waals surface area contributed by atoms with Gasteiger partial charge in [-0.2, -0.15) is 0 Å². The summed E-state index contributed by atoms with van der Waals surface area (Å²) in [6, 6.07) is -4.84. The highest BCUT2D eigenvalue weighted by atomic mass is 16.6. The van der Waals surface area contributed by atoms with Crippen LogP contribution in [-0.2, 0) is 33.4 Å². The van der Waals surface area contributed by atoms with E-state index in [9.17, 15) is 44.4 Å². The summed E-state index contributed by atoms with van der Waals surface area (Å²) in [4.78, 5) is 63.2. The first kappa shape index (κ1) is 39.1. The molecule has 0 aromatic heterocycles. The van der Waals surface area contributed by atoms with Crippen LogP contribution in [0, 0.1) is 5.92 Å². The number of aliphatic carboxylic acids is 1. The van der Waals surface area contributed by atoms with Crippen LogP contribution in [0.15, 0.2) is 0 Å². The number of primary amides is 1. The molecule has 1 fully saturated rings. The molecular weight excluding hydrogens is 584 g/mol. The highest BCUT2D eigenvalue weighted by Gasteiger charge is 2.47. The molecule has 44 heavy (non-hydrogen) atoms. The molecule has 17 nitrogen and oxygen atoms in total. The van der Waals surface area contributed by atoms with E-state index in [1.165, 1.54) is 13.8 Å². The molecule has 9 atom stereocenters. The highest BCUT2D eigenvalue weighted by Crippen LogP contribution is 2.24. The van der Waals surface area contributed by atoms with Gasteiger partial charge in [-0.15, -0.1) is 0 Å². The Morgan fingerprint density at radius 2 is 1.70 bits per heavy atom. The molecule has 0 aliphatic carbocycles. The fourth-order valence-corrected chi connectivity index (χ4v) is 4.81. The van der Waals surface area contributed by atoms with Crippen molar-refractivity contribution in [2.45, 2.75) is 115 Å². The van der Waals surface area contributed by atoms with Crippen LogP contribution in [0.1, 0.15) is 59.8 Å². The van der Waals surface area contributed by atoms with E-state index >= 15 is 0 Å². The number of nitrogens with two attached hydrogens (primary N) is 3. The van der Waals surface area contributed by atoms with Crippen molar-refractivity contribution in [3.8, 4) is 0 Å². The van der Waals surface area contributed by atoms with E-state index in [0.29, 0.717) is 19.4 Å². The maximum absolute atomic E-state index is 13.5. The number of ether oxygens (including phenoxy) is 2. The van der Waals surface area contributed by atoms with Gasteiger partial charge in [-0.3, -0.25) is 19.2 Å². The van der Waals surface area contributed by atoms with Gasteiger partial charge in [-0.1, -0.05) is 13.8 Å². The van der Waals surface area contributed by atoms with Crippen LogP contribution >= 0.6 is 0 Å². The zero-order valence-electron chi connectivity index (χ0n) is 25.8. The summed E-state index contributed by atoms with van der Waals surface area (Å²) >= 11 is 0. The number of hydrogen-bond donors (Lipinski definition) is 9. The third-order valence-electron chi connectivity index (χ3n) is 7.30. The van der Waals surface area contributed by atoms with Gasteiger partial charge in [-0.25, -0.2) is 4.79 Å². The van der Waals surface area contributed by atoms with Crippen LogP contribution in [0.5, 0.6) is 0 Å². The van der Waals surface area contributed by atoms with Gasteiger partial charge in [0.25, 0.3) is 0 Å². The number of aliphatic hydroxyl groups is 3. The van der Waals surface area contributed by atoms with E-state index < -0.39 is 91.1 Å². The molecule has 1 heterocycles. The van der Waals surface area contributed by atoms with E-state index in [-0.39, 0.29) is 31.7 Å². The molecule has 0 spiro atoms. The molecule has 1 rings (SSSR count). The highest BCUT2D eigenvalue weighted by molar-refractivity contribution is 5.90. The summed E-state index contributed by atoms with van der Waals surface area (Å²) in [5, 5.41) is 45.0. The molecule has 0 saturated carbocycles. The van der Waals surface area contributed by atoms with E-state index in [2.05, 4.69) is 10.6 Å². The largest absolute Gasteiger partial charge is 0.480 e. The summed E-state index contributed by atoms with van der Waals surface area (Å²) in [6.45, 7) is 5.44. The van der Waals surface area contributed by atoms with Gasteiger partial charge in [0.15, 0.2) is 6.29 Å². The second-order valence-electron chi connectivity index (χ2n) is 11.3. The van der Waals surface area contributed by atoms with Crippen molar-refractivity contribution in [1.82, 2.24) is 15.5 Å². The zero-order chi connectivity index (χ0) is 33.7. The Morgan fingerprint density at radius 1 is 1.07 bits per heavy atom. The van der Waals surface area contributed by atoms with E-state index in [4.69, 9.17) is 26.7 Å². The first-order valence-electron chi connectivity index (χ1n) is 14.7. The SMILES string of the molecule is CC(=O)N[C@@H]1[C@@H](OC(C)CN(C(=O)[C@@H](N)C(C)C)[C@H](CCC(=O)N[C@@H](CCCCN)C(=O)O)C(N)=O)[C@H](O)[C@@H](CO)O[C@@H]1O. The standard InChI is InChI=1S/C27H50N6O11/c1-13(2)20(29)25(39)33(17(24(30)38)8-9-19(36)32-16(26(40)41)7-5-6-10-28)11-14(3)43-23-21(31-15(4)35)27(42)44-18(12-34)22(23)37/h13-14,16-18,20-23,27,34,37,42H,5-12,28-29H2,1-4H3,(H2,30,38)(H,31,35)(H,32,36)(H,40,41)/t14?,16-,17+,18+,20-,21+,22+,23+,27-/m0/s1. The Labute approximate surface area is 256 Å². The minimum atomic E-state index is -1.65. The van der Waals surface area contributed by atoms with Gasteiger partial charge >= 0.3 is 5.97 Å². The number of nitrogens with one attached hydrogen (secondary N) is 2. The smallest absolute Gasteiger partial charge is 0.326 e. The zero-order valence-corrected chi connectivity index (χ0v) is 25.8. The molecule has 0 aromatic rings. The normalized spacial score (nSPS) is 24.5. The average Bonchev–Trinajstić information content (AvgIpc) is 2.94. The van der Waals surface area contributed by atoms with E-state index in [0.717, 1.165) is 4.90 Å². The number of carbonyl (C=O) groups is 5. The molecule has 17 heteroatoms. The second-order valence-corrected chi connectivity index (χ2v) is 11.3. The number of carbonyl (C=O) groups excluding carboxylic acids is 4. The van der Waals surface area contributed by atoms with Crippen molar-refractivity contribution in [3.05, 3.63) is 0 Å². The topological polar surface area (TPSA) is 290 Å². The Balaban J connectivity index is 3.20. The number of carboxylic acid groups (broad SMARTS) is 1. The minimum absolute atomic E-state index is 0.156. The molecule has 12 N–H and O–H groups in total. The first-order chi connectivity index (χ1) is 20.5. The second kappa shape index (κ2) is 18.8. The quantitative estimate of drug-likeness (QED) is 0.0624. The van der Waals surface area contributed by atoms with Crippen molar-refractivity contribution in [3.63, 3.8) is 0 Å². The predicted octanol–water partition coefficient (Wildman–Crippen LogP) is -3.52. The summed E-state index contributed by atoms with van der Waals surface area (Å²) in [5.41, 5.74) is 17.2. The molecule has 1 aliphatic heterocycles. The van der Waals surface area contributed by atoms with E-state index in [1.807, 2.05) is 0 Å². The van der Waals surface area contributed by atoms with Crippen LogP contribution in [0.3, 0.4) is 0 Å². The van der Waals surface area contributed by atoms with Crippen LogP contribution in [0.25, 0.3) is 0 Å². The number of unbranched alkanes of at least 4 members (excludes halogenated alkanes) is 1. The molecule has 0 bridgehead atoms. The third kappa shape index (κ3) is 11.9. The Bertz CT molecular complexity index is 971. The minimum Gasteiger partial charge on any atom is -0.480 e. The van der Waals surface area contributed by atoms with Crippen LogP contribution in [0.4, 0.5) is 0 Å². The molecule has 0 radical (unpaired) electrons. The lowest BCUT2D eigenvalue weighted by molar-refractivity contribution is -0.268. The maximum Gasteiger partial charge on any atom is 0.326 e. The summed E-state index contributed by atoms with van der Waals surface area (Å²) in [5.74, 6) is -4.45. The van der Waals surface area contributed by atoms with Crippen molar-refractivity contribution >= 4 is 29.6 Å². The van der Waals surface area contributed by atoms with Gasteiger partial charge in [0, 0.05) is 19.9 Å². The van der Waals surface area contributed by atoms with Gasteiger partial charge in [0.05, 0.1) is 18.8 Å². The molecule has 1 saturated heterocycles. The molecule has 0 aromatic carbocycles. The van der Waals surface area contributed by atoms with Gasteiger partial charge in [0.1, 0.15) is 36.4 Å². The average molecular weight is 635 g/mol. The lowest BCUT2D eigenvalue weighted by Crippen LogP contribution is -2.65. The van der Waals surface area contributed by atoms with Gasteiger partial charge in [-0.05, 0) is 45.1 Å². The van der Waals surface area contributed by atoms with Crippen molar-refractivity contribution < 1.29 is 53.9 Å². The predicted molar refractivity (Wildman–Crippen MR) is 155 cm³/mol. The van der Waals surface area contributed by atoms with Gasteiger partial charge in [0.2, 0.25) is 23.6 Å². The third-order valence-corrected chi connectivity index (χ3v) is 7.30. The van der Waals surface area contributed by atoms with Crippen LogP contribution in [0.2, 0.25) is 0 Å². The number of rotatable bonds is 19. The number of amides is 4. The summed E-state index contributed by atoms with van der Waals surface area (Å²) < 4.78 is 11.1. The fraction of sp³-hybridized carbons (Fsp3) is 0.815. The molecule has 1 unspecified atom stereocenters. The monoisotopic (exact) mass is 634 g/mol. The Kier molecular flexibility index (Phi) is 16.7. The van der Waals surface area contributed by atoms with Crippen molar-refractivity contribution in [2.24, 2.45) is 23.1 Å². The maximum atomic E-state index is 13.5. The molecular formula is C27H50N6O11. The number of hydrogen-bond acceptors (Lipinski definition) is 12. The number of carboxylic acids is 1. The number of aliphatic hydroxyl groups excluding tert-OH is 3. The first-order valence-corrected chi connectivity index (χ1v) is 14.7. The molecule has 1 aliphatic rings. The van der Waals surface area contributed by atoms with Crippen molar-refractivity contribution in [2.75, 3.05) is 19.7 Å². The lowest BCUT2D eigenvalue weighted by atomic mass is 9.96. The Hall–Kier alpha value is -2.93. The summed E-state index contributed by atoms with van der Waals surface area (Å²) in [6.07, 6.45) is -6.10. The lowest BCUT2D eigenvalue weighted by Gasteiger charge is -2.44. The van der Waals surface area contributed by atoms with E-state index in [1.54, 1.807) is 13.8 Å². The van der Waals surface area contributed by atoms with Crippen LogP contribution in [-0.4, -0.2) is 129 Å². The molecule has 4 amide bonds. The Morgan fingerprint density at radius 3 is 2.20 bits per heavy atom. The summed E-state index contributed by atoms with van der Waals surface area (Å²) in [7, 11) is 0. The van der Waals surface area contributed by atoms with Gasteiger partial charge < -0.3 is 62.6 Å². The van der Waals surface area contributed by atoms with Crippen LogP contribution < -0.4 is 27.8 Å². The fourth-order valence-electron chi connectivity index (χ4n) is 4.81. The van der Waals surface area contributed by atoms with Crippen molar-refractivity contribution in [1.29, 1.82) is 0 Å².